The number of Topliss-reactive ketones (excluding diaryl/α,β-unsaturated/α-hetero) is 1. The van der Waals surface area contributed by atoms with Crippen molar-refractivity contribution >= 4 is 17.4 Å². The summed E-state index contributed by atoms with van der Waals surface area (Å²) in [5, 5.41) is 3.04. The van der Waals surface area contributed by atoms with Gasteiger partial charge in [-0.05, 0) is 31.9 Å². The van der Waals surface area contributed by atoms with E-state index in [1.54, 1.807) is 6.92 Å². The summed E-state index contributed by atoms with van der Waals surface area (Å²) in [4.78, 5) is 26.2. The number of amides is 1. The van der Waals surface area contributed by atoms with E-state index in [2.05, 4.69) is 19.2 Å². The Kier molecular flexibility index (Phi) is 15.0. The number of hydrogen-bond donors (Lipinski definition) is 1. The van der Waals surface area contributed by atoms with E-state index in [-0.39, 0.29) is 11.7 Å². The fraction of sp³-hybridized carbons (Fsp3) is 0.714. The second-order valence-electron chi connectivity index (χ2n) is 9.20. The van der Waals surface area contributed by atoms with Crippen LogP contribution in [0.1, 0.15) is 124 Å². The maximum Gasteiger partial charge on any atom is 0.238 e. The number of unbranched alkanes of at least 4 members (excludes halogenated alkanes) is 12. The molecule has 0 aliphatic heterocycles. The number of carbonyl (C=O) groups excluding carboxylic acids is 2. The van der Waals surface area contributed by atoms with Crippen molar-refractivity contribution in [2.75, 3.05) is 5.32 Å². The van der Waals surface area contributed by atoms with E-state index in [1.807, 2.05) is 30.3 Å². The molecule has 1 aromatic rings. The van der Waals surface area contributed by atoms with Crippen molar-refractivity contribution in [1.29, 1.82) is 0 Å². The zero-order valence-corrected chi connectivity index (χ0v) is 20.5. The summed E-state index contributed by atoms with van der Waals surface area (Å²) in [6.45, 7) is 6.08. The molecule has 0 saturated carbocycles. The first-order valence-corrected chi connectivity index (χ1v) is 12.9. The third kappa shape index (κ3) is 11.0. The number of nitrogens with one attached hydrogen (secondary N) is 1. The van der Waals surface area contributed by atoms with Crippen LogP contribution in [-0.2, 0) is 9.59 Å². The molecule has 1 amide bonds. The minimum absolute atomic E-state index is 0.0258. The summed E-state index contributed by atoms with van der Waals surface area (Å²) < 4.78 is 0. The van der Waals surface area contributed by atoms with E-state index in [4.69, 9.17) is 0 Å². The smallest absolute Gasteiger partial charge is 0.238 e. The molecular formula is C28H47NO2. The molecule has 0 fully saturated rings. The Balaban J connectivity index is 2.69. The monoisotopic (exact) mass is 429 g/mol. The van der Waals surface area contributed by atoms with Crippen molar-refractivity contribution in [3.05, 3.63) is 30.3 Å². The summed E-state index contributed by atoms with van der Waals surface area (Å²) in [7, 11) is 0. The zero-order chi connectivity index (χ0) is 22.8. The molecule has 0 spiro atoms. The number of para-hydroxylation sites is 1. The molecule has 1 N–H and O–H groups in total. The van der Waals surface area contributed by atoms with Crippen molar-refractivity contribution in [3.8, 4) is 0 Å². The SMILES string of the molecule is CCCCCCCCCC(CCCCCCCCC)(C(C)=O)C(=O)Nc1ccccc1. The average Bonchev–Trinajstić information content (AvgIpc) is 2.76. The molecular weight excluding hydrogens is 382 g/mol. The predicted octanol–water partition coefficient (Wildman–Crippen LogP) is 8.48. The lowest BCUT2D eigenvalue weighted by atomic mass is 9.74. The molecule has 1 aromatic carbocycles. The fourth-order valence-electron chi connectivity index (χ4n) is 4.40. The number of ketones is 1. The van der Waals surface area contributed by atoms with E-state index < -0.39 is 5.41 Å². The Hall–Kier alpha value is -1.64. The Morgan fingerprint density at radius 2 is 1.10 bits per heavy atom. The third-order valence-corrected chi connectivity index (χ3v) is 6.55. The van der Waals surface area contributed by atoms with Gasteiger partial charge in [0.15, 0.2) is 0 Å². The van der Waals surface area contributed by atoms with Crippen LogP contribution >= 0.6 is 0 Å². The molecule has 1 rings (SSSR count). The van der Waals surface area contributed by atoms with Crippen LogP contribution in [0.5, 0.6) is 0 Å². The van der Waals surface area contributed by atoms with E-state index in [9.17, 15) is 9.59 Å². The van der Waals surface area contributed by atoms with Crippen LogP contribution in [0.25, 0.3) is 0 Å². The van der Waals surface area contributed by atoms with Crippen LogP contribution in [0.4, 0.5) is 5.69 Å². The Bertz CT molecular complexity index is 578. The number of hydrogen-bond acceptors (Lipinski definition) is 2. The van der Waals surface area contributed by atoms with Crippen LogP contribution in [0.3, 0.4) is 0 Å². The summed E-state index contributed by atoms with van der Waals surface area (Å²) in [6, 6.07) is 9.55. The maximum absolute atomic E-state index is 13.4. The molecule has 0 aliphatic rings. The van der Waals surface area contributed by atoms with Crippen LogP contribution < -0.4 is 5.32 Å². The van der Waals surface area contributed by atoms with Crippen LogP contribution in [0.2, 0.25) is 0 Å². The minimum atomic E-state index is -0.886. The summed E-state index contributed by atoms with van der Waals surface area (Å²) >= 11 is 0. The van der Waals surface area contributed by atoms with Crippen LogP contribution in [0, 0.1) is 5.41 Å². The van der Waals surface area contributed by atoms with Gasteiger partial charge < -0.3 is 5.32 Å². The standard InChI is InChI=1S/C28H47NO2/c1-4-6-8-10-12-14-19-23-28(25(3)30,24-20-15-13-11-9-7-5-2)27(31)29-26-21-17-16-18-22-26/h16-18,21-22H,4-15,19-20,23-24H2,1-3H3,(H,29,31). The summed E-state index contributed by atoms with van der Waals surface area (Å²) in [6.07, 6.45) is 18.1. The van der Waals surface area contributed by atoms with Gasteiger partial charge in [0.1, 0.15) is 11.2 Å². The Morgan fingerprint density at radius 1 is 0.677 bits per heavy atom. The first-order valence-electron chi connectivity index (χ1n) is 12.9. The van der Waals surface area contributed by atoms with Gasteiger partial charge in [0.25, 0.3) is 0 Å². The van der Waals surface area contributed by atoms with E-state index >= 15 is 0 Å². The van der Waals surface area contributed by atoms with Crippen molar-refractivity contribution in [2.45, 2.75) is 124 Å². The predicted molar refractivity (Wildman–Crippen MR) is 133 cm³/mol. The van der Waals surface area contributed by atoms with E-state index in [0.29, 0.717) is 12.8 Å². The van der Waals surface area contributed by atoms with Gasteiger partial charge in [-0.3, -0.25) is 9.59 Å². The highest BCUT2D eigenvalue weighted by Gasteiger charge is 2.42. The molecule has 3 nitrogen and oxygen atoms in total. The van der Waals surface area contributed by atoms with Crippen molar-refractivity contribution in [1.82, 2.24) is 0 Å². The van der Waals surface area contributed by atoms with Gasteiger partial charge in [-0.15, -0.1) is 0 Å². The average molecular weight is 430 g/mol. The normalized spacial score (nSPS) is 11.5. The number of rotatable bonds is 19. The molecule has 0 heterocycles. The molecule has 0 aromatic heterocycles. The van der Waals surface area contributed by atoms with Gasteiger partial charge in [-0.25, -0.2) is 0 Å². The number of anilines is 1. The van der Waals surface area contributed by atoms with Gasteiger partial charge >= 0.3 is 0 Å². The van der Waals surface area contributed by atoms with Gasteiger partial charge in [-0.2, -0.15) is 0 Å². The van der Waals surface area contributed by atoms with Crippen molar-refractivity contribution in [2.24, 2.45) is 5.41 Å². The molecule has 0 aliphatic carbocycles. The second-order valence-corrected chi connectivity index (χ2v) is 9.20. The molecule has 0 radical (unpaired) electrons. The Morgan fingerprint density at radius 3 is 1.52 bits per heavy atom. The van der Waals surface area contributed by atoms with Crippen LogP contribution in [-0.4, -0.2) is 11.7 Å². The van der Waals surface area contributed by atoms with E-state index in [0.717, 1.165) is 31.4 Å². The topological polar surface area (TPSA) is 46.2 Å². The molecule has 0 unspecified atom stereocenters. The zero-order valence-electron chi connectivity index (χ0n) is 20.5. The minimum Gasteiger partial charge on any atom is -0.325 e. The van der Waals surface area contributed by atoms with Crippen molar-refractivity contribution < 1.29 is 9.59 Å². The largest absolute Gasteiger partial charge is 0.325 e. The first-order chi connectivity index (χ1) is 15.1. The highest BCUT2D eigenvalue weighted by Crippen LogP contribution is 2.35. The number of benzene rings is 1. The molecule has 0 atom stereocenters. The fourth-order valence-corrected chi connectivity index (χ4v) is 4.40. The molecule has 31 heavy (non-hydrogen) atoms. The summed E-state index contributed by atoms with van der Waals surface area (Å²) in [5.74, 6) is -0.0823. The molecule has 0 bridgehead atoms. The van der Waals surface area contributed by atoms with Crippen LogP contribution in [0.15, 0.2) is 30.3 Å². The van der Waals surface area contributed by atoms with Gasteiger partial charge in [0.2, 0.25) is 5.91 Å². The molecule has 0 saturated heterocycles. The lowest BCUT2D eigenvalue weighted by Gasteiger charge is -2.30. The first kappa shape index (κ1) is 27.4. The van der Waals surface area contributed by atoms with E-state index in [1.165, 1.54) is 64.2 Å². The highest BCUT2D eigenvalue weighted by atomic mass is 16.2. The van der Waals surface area contributed by atoms with Gasteiger partial charge in [0.05, 0.1) is 0 Å². The molecule has 3 heteroatoms. The second kappa shape index (κ2) is 17.0. The van der Waals surface area contributed by atoms with Crippen molar-refractivity contribution in [3.63, 3.8) is 0 Å². The highest BCUT2D eigenvalue weighted by molar-refractivity contribution is 6.10. The quantitative estimate of drug-likeness (QED) is 0.177. The maximum atomic E-state index is 13.4. The number of carbonyl (C=O) groups is 2. The lowest BCUT2D eigenvalue weighted by molar-refractivity contribution is -0.139. The third-order valence-electron chi connectivity index (χ3n) is 6.55. The summed E-state index contributed by atoms with van der Waals surface area (Å²) in [5.41, 5.74) is -0.111. The van der Waals surface area contributed by atoms with Gasteiger partial charge in [-0.1, -0.05) is 122 Å². The Labute approximate surface area is 191 Å². The molecule has 176 valence electrons. The lowest BCUT2D eigenvalue weighted by Crippen LogP contribution is -2.42. The van der Waals surface area contributed by atoms with Gasteiger partial charge in [0, 0.05) is 5.69 Å².